The maximum Gasteiger partial charge on any atom is 0.419 e. The third kappa shape index (κ3) is 4.38. The van der Waals surface area contributed by atoms with Gasteiger partial charge in [-0.2, -0.15) is 5.10 Å². The monoisotopic (exact) mass is 491 g/mol. The number of benzene rings is 2. The number of hydrogen-bond donors (Lipinski definition) is 2. The smallest absolute Gasteiger partial charge is 0.408 e. The summed E-state index contributed by atoms with van der Waals surface area (Å²) in [6.07, 6.45) is 0. The molecule has 0 aliphatic carbocycles. The van der Waals surface area contributed by atoms with Gasteiger partial charge in [-0.05, 0) is 74.5 Å². The lowest BCUT2D eigenvalue weighted by Crippen LogP contribution is -2.13. The molecule has 2 aromatic carbocycles. The topological polar surface area (TPSA) is 137 Å². The normalized spacial score (nSPS) is 11.6. The second-order valence-corrected chi connectivity index (χ2v) is 9.66. The van der Waals surface area contributed by atoms with Crippen LogP contribution in [0.25, 0.3) is 16.9 Å². The summed E-state index contributed by atoms with van der Waals surface area (Å²) in [7, 11) is -2.36. The quantitative estimate of drug-likeness (QED) is 0.369. The van der Waals surface area contributed by atoms with Gasteiger partial charge < -0.3 is 9.73 Å². The van der Waals surface area contributed by atoms with E-state index in [9.17, 15) is 13.2 Å². The molecular formula is C23H21N7O4S. The average molecular weight is 492 g/mol. The van der Waals surface area contributed by atoms with E-state index >= 15 is 0 Å². The molecule has 2 N–H and O–H groups in total. The van der Waals surface area contributed by atoms with Gasteiger partial charge in [-0.3, -0.25) is 9.29 Å². The molecule has 0 amide bonds. The van der Waals surface area contributed by atoms with Crippen molar-refractivity contribution < 1.29 is 12.8 Å². The molecule has 35 heavy (non-hydrogen) atoms. The van der Waals surface area contributed by atoms with E-state index in [0.717, 1.165) is 11.4 Å². The number of hydrogen-bond acceptors (Lipinski definition) is 8. The van der Waals surface area contributed by atoms with Crippen LogP contribution in [0.4, 0.5) is 17.2 Å². The zero-order valence-electron chi connectivity index (χ0n) is 19.1. The lowest BCUT2D eigenvalue weighted by molar-refractivity contribution is 0.528. The van der Waals surface area contributed by atoms with Crippen LogP contribution in [0.15, 0.2) is 74.8 Å². The Morgan fingerprint density at radius 1 is 0.914 bits per heavy atom. The summed E-state index contributed by atoms with van der Waals surface area (Å²) in [5, 5.41) is 15.9. The maximum absolute atomic E-state index is 12.8. The average Bonchev–Trinajstić information content (AvgIpc) is 3.32. The molecular weight excluding hydrogens is 470 g/mol. The predicted molar refractivity (Wildman–Crippen MR) is 131 cm³/mol. The number of sulfonamides is 1. The number of aromatic nitrogens is 5. The summed E-state index contributed by atoms with van der Waals surface area (Å²) in [6.45, 7) is 3.86. The second kappa shape index (κ2) is 8.40. The fourth-order valence-electron chi connectivity index (χ4n) is 3.62. The van der Waals surface area contributed by atoms with Gasteiger partial charge in [0.15, 0.2) is 17.2 Å². The highest BCUT2D eigenvalue weighted by Gasteiger charge is 2.17. The highest BCUT2D eigenvalue weighted by atomic mass is 32.2. The number of aryl methyl sites for hydroxylation is 3. The molecule has 178 valence electrons. The summed E-state index contributed by atoms with van der Waals surface area (Å²) in [5.74, 6) is 0.582. The number of rotatable bonds is 6. The van der Waals surface area contributed by atoms with Crippen molar-refractivity contribution in [1.29, 1.82) is 0 Å². The van der Waals surface area contributed by atoms with Gasteiger partial charge >= 0.3 is 5.76 Å². The van der Waals surface area contributed by atoms with Gasteiger partial charge in [0.25, 0.3) is 10.0 Å². The summed E-state index contributed by atoms with van der Waals surface area (Å²) in [5.41, 5.74) is 3.65. The van der Waals surface area contributed by atoms with E-state index in [1.807, 2.05) is 26.0 Å². The van der Waals surface area contributed by atoms with Crippen LogP contribution in [0, 0.1) is 13.8 Å². The van der Waals surface area contributed by atoms with Crippen LogP contribution in [0.5, 0.6) is 0 Å². The Bertz CT molecular complexity index is 1700. The fourth-order valence-corrected chi connectivity index (χ4v) is 4.70. The van der Waals surface area contributed by atoms with Gasteiger partial charge in [0.05, 0.1) is 16.1 Å². The van der Waals surface area contributed by atoms with Crippen LogP contribution >= 0.6 is 0 Å². The van der Waals surface area contributed by atoms with Crippen molar-refractivity contribution in [2.45, 2.75) is 18.7 Å². The Hall–Kier alpha value is -4.45. The Kier molecular flexibility index (Phi) is 5.36. The number of nitrogens with zero attached hydrogens (tertiary/aromatic N) is 5. The Morgan fingerprint density at radius 3 is 2.31 bits per heavy atom. The zero-order chi connectivity index (χ0) is 24.7. The zero-order valence-corrected chi connectivity index (χ0v) is 19.9. The molecule has 0 radical (unpaired) electrons. The van der Waals surface area contributed by atoms with E-state index in [2.05, 4.69) is 25.3 Å². The first-order chi connectivity index (χ1) is 16.7. The summed E-state index contributed by atoms with van der Waals surface area (Å²) in [6, 6.07) is 16.5. The molecule has 3 aromatic heterocycles. The molecule has 0 saturated carbocycles. The minimum Gasteiger partial charge on any atom is -0.408 e. The van der Waals surface area contributed by atoms with E-state index < -0.39 is 15.8 Å². The fraction of sp³-hybridized carbons (Fsp3) is 0.130. The van der Waals surface area contributed by atoms with Crippen LogP contribution in [-0.2, 0) is 17.1 Å². The first kappa shape index (κ1) is 22.3. The van der Waals surface area contributed by atoms with Crippen molar-refractivity contribution in [3.63, 3.8) is 0 Å². The van der Waals surface area contributed by atoms with Crippen molar-refractivity contribution in [3.8, 4) is 5.82 Å². The third-order valence-electron chi connectivity index (χ3n) is 5.36. The van der Waals surface area contributed by atoms with Crippen molar-refractivity contribution in [2.24, 2.45) is 7.05 Å². The van der Waals surface area contributed by atoms with E-state index in [4.69, 9.17) is 4.42 Å². The highest BCUT2D eigenvalue weighted by molar-refractivity contribution is 7.92. The Balaban J connectivity index is 1.29. The Labute approximate surface area is 200 Å². The van der Waals surface area contributed by atoms with Crippen molar-refractivity contribution >= 4 is 38.3 Å². The lowest BCUT2D eigenvalue weighted by Gasteiger charge is -2.10. The number of fused-ring (bicyclic) bond motifs is 1. The van der Waals surface area contributed by atoms with E-state index in [0.29, 0.717) is 34.1 Å². The molecule has 0 bridgehead atoms. The summed E-state index contributed by atoms with van der Waals surface area (Å²) in [4.78, 5) is 11.7. The van der Waals surface area contributed by atoms with Crippen molar-refractivity contribution in [2.75, 3.05) is 10.0 Å². The minimum absolute atomic E-state index is 0.0154. The minimum atomic E-state index is -3.88. The van der Waals surface area contributed by atoms with Gasteiger partial charge in [0.1, 0.15) is 0 Å². The molecule has 0 fully saturated rings. The Morgan fingerprint density at radius 2 is 1.66 bits per heavy atom. The standard InChI is InChI=1S/C23H21N7O4S/c1-14-12-15(2)30(27-14)22-11-10-21(25-26-22)24-16-4-6-17(7-5-16)28-35(32,33)18-8-9-20-19(13-18)29(3)23(31)34-20/h4-13,28H,1-3H3,(H,24,25). The van der Waals surface area contributed by atoms with Crippen molar-refractivity contribution in [3.05, 3.63) is 82.6 Å². The van der Waals surface area contributed by atoms with Gasteiger partial charge in [-0.25, -0.2) is 17.9 Å². The number of nitrogens with one attached hydrogen (secondary N) is 2. The van der Waals surface area contributed by atoms with Gasteiger partial charge in [-0.1, -0.05) is 0 Å². The highest BCUT2D eigenvalue weighted by Crippen LogP contribution is 2.23. The molecule has 0 saturated heterocycles. The molecule has 0 unspecified atom stereocenters. The first-order valence-electron chi connectivity index (χ1n) is 10.6. The number of anilines is 3. The molecule has 0 aliphatic heterocycles. The number of oxazole rings is 1. The predicted octanol–water partition coefficient (Wildman–Crippen LogP) is 3.27. The first-order valence-corrected chi connectivity index (χ1v) is 12.0. The van der Waals surface area contributed by atoms with Crippen LogP contribution in [0.1, 0.15) is 11.4 Å². The molecule has 12 heteroatoms. The van der Waals surface area contributed by atoms with Crippen LogP contribution in [-0.4, -0.2) is 33.0 Å². The summed E-state index contributed by atoms with van der Waals surface area (Å²) < 4.78 is 36.2. The van der Waals surface area contributed by atoms with Gasteiger partial charge in [0.2, 0.25) is 0 Å². The lowest BCUT2D eigenvalue weighted by atomic mass is 10.3. The molecule has 5 aromatic rings. The van der Waals surface area contributed by atoms with E-state index in [1.54, 1.807) is 35.0 Å². The molecule has 11 nitrogen and oxygen atoms in total. The molecule has 0 spiro atoms. The molecule has 3 heterocycles. The molecule has 0 atom stereocenters. The summed E-state index contributed by atoms with van der Waals surface area (Å²) >= 11 is 0. The van der Waals surface area contributed by atoms with Crippen LogP contribution in [0.2, 0.25) is 0 Å². The van der Waals surface area contributed by atoms with Gasteiger partial charge in [-0.15, -0.1) is 10.2 Å². The maximum atomic E-state index is 12.8. The van der Waals surface area contributed by atoms with E-state index in [1.165, 1.54) is 29.8 Å². The largest absolute Gasteiger partial charge is 0.419 e. The molecule has 5 rings (SSSR count). The van der Waals surface area contributed by atoms with Crippen LogP contribution in [0.3, 0.4) is 0 Å². The van der Waals surface area contributed by atoms with Crippen LogP contribution < -0.4 is 15.8 Å². The third-order valence-corrected chi connectivity index (χ3v) is 6.74. The molecule has 0 aliphatic rings. The van der Waals surface area contributed by atoms with Crippen molar-refractivity contribution in [1.82, 2.24) is 24.5 Å². The van der Waals surface area contributed by atoms with Gasteiger partial charge in [0, 0.05) is 24.1 Å². The SMILES string of the molecule is Cc1cc(C)n(-c2ccc(Nc3ccc(NS(=O)(=O)c4ccc5oc(=O)n(C)c5c4)cc3)nn2)n1. The van der Waals surface area contributed by atoms with E-state index in [-0.39, 0.29) is 4.90 Å². The second-order valence-electron chi connectivity index (χ2n) is 7.98.